The molecular weight excluding hydrogens is 206 g/mol. The van der Waals surface area contributed by atoms with Crippen LogP contribution in [0, 0.1) is 0 Å². The molecule has 1 aromatic rings. The third-order valence-electron chi connectivity index (χ3n) is 1.56. The predicted molar refractivity (Wildman–Crippen MR) is 50.3 cm³/mol. The van der Waals surface area contributed by atoms with Crippen LogP contribution in [0.2, 0.25) is 0 Å². The summed E-state index contributed by atoms with van der Waals surface area (Å²) in [6, 6.07) is 5.98. The number of methoxy groups -OCH3 is 1. The van der Waals surface area contributed by atoms with Crippen molar-refractivity contribution in [3.8, 4) is 5.75 Å². The van der Waals surface area contributed by atoms with Crippen molar-refractivity contribution in [3.63, 3.8) is 0 Å². The molecule has 1 aromatic carbocycles. The number of nitrogens with one attached hydrogen (secondary N) is 1. The zero-order valence-electron chi connectivity index (χ0n) is 7.85. The highest BCUT2D eigenvalue weighted by Crippen LogP contribution is 2.14. The largest absolute Gasteiger partial charge is 0.497 e. The topological polar surface area (TPSA) is 64.6 Å². The predicted octanol–water partition coefficient (Wildman–Crippen LogP) is 0.535. The van der Waals surface area contributed by atoms with Crippen LogP contribution in [0.15, 0.2) is 29.2 Å². The molecule has 14 heavy (non-hydrogen) atoms. The normalized spacial score (nSPS) is 11.3. The molecule has 0 spiro atoms. The Balaban J connectivity index is 2.97. The number of hydrogen-bond donors (Lipinski definition) is 1. The lowest BCUT2D eigenvalue weighted by Crippen LogP contribution is -2.22. The second kappa shape index (κ2) is 4.41. The van der Waals surface area contributed by atoms with Crippen LogP contribution in [-0.2, 0) is 14.9 Å². The van der Waals surface area contributed by atoms with Gasteiger partial charge in [0, 0.05) is 0 Å². The molecule has 0 aliphatic heterocycles. The van der Waals surface area contributed by atoms with E-state index in [-0.39, 0.29) is 4.90 Å². The van der Waals surface area contributed by atoms with E-state index in [2.05, 4.69) is 4.84 Å². The molecule has 0 heterocycles. The minimum absolute atomic E-state index is 0.125. The highest BCUT2D eigenvalue weighted by Gasteiger charge is 2.12. The molecule has 0 bridgehead atoms. The molecule has 1 rings (SSSR count). The minimum atomic E-state index is -3.56. The van der Waals surface area contributed by atoms with E-state index in [1.54, 1.807) is 12.1 Å². The number of benzene rings is 1. The van der Waals surface area contributed by atoms with E-state index in [0.717, 1.165) is 0 Å². The van der Waals surface area contributed by atoms with Crippen molar-refractivity contribution in [2.75, 3.05) is 14.2 Å². The molecular formula is C8H11NO4S. The van der Waals surface area contributed by atoms with Crippen molar-refractivity contribution < 1.29 is 18.0 Å². The standard InChI is InChI=1S/C8H11NO4S/c1-12-7-3-5-8(6-4-7)14(10,11)9-13-2/h3-6,9H,1-2H3. The molecule has 0 saturated heterocycles. The summed E-state index contributed by atoms with van der Waals surface area (Å²) in [6.45, 7) is 0. The lowest BCUT2D eigenvalue weighted by Gasteiger charge is -2.04. The van der Waals surface area contributed by atoms with Crippen LogP contribution in [0.25, 0.3) is 0 Å². The van der Waals surface area contributed by atoms with Gasteiger partial charge in [-0.1, -0.05) is 4.89 Å². The van der Waals surface area contributed by atoms with Gasteiger partial charge in [-0.3, -0.25) is 4.84 Å². The lowest BCUT2D eigenvalue weighted by molar-refractivity contribution is 0.153. The highest BCUT2D eigenvalue weighted by molar-refractivity contribution is 7.89. The highest BCUT2D eigenvalue weighted by atomic mass is 32.2. The Morgan fingerprint density at radius 2 is 1.71 bits per heavy atom. The first-order chi connectivity index (χ1) is 6.60. The first-order valence-corrected chi connectivity index (χ1v) is 5.27. The van der Waals surface area contributed by atoms with Gasteiger partial charge in [-0.15, -0.1) is 0 Å². The molecule has 1 N–H and O–H groups in total. The van der Waals surface area contributed by atoms with Gasteiger partial charge in [-0.25, -0.2) is 8.42 Å². The molecule has 0 radical (unpaired) electrons. The fourth-order valence-corrected chi connectivity index (χ4v) is 1.72. The van der Waals surface area contributed by atoms with Gasteiger partial charge in [-0.2, -0.15) is 0 Å². The summed E-state index contributed by atoms with van der Waals surface area (Å²) in [7, 11) is -0.815. The molecule has 0 unspecified atom stereocenters. The Morgan fingerprint density at radius 3 is 2.14 bits per heavy atom. The Hall–Kier alpha value is -1.11. The summed E-state index contributed by atoms with van der Waals surface area (Å²) in [6.07, 6.45) is 0. The average molecular weight is 217 g/mol. The van der Waals surface area contributed by atoms with Crippen molar-refractivity contribution in [1.29, 1.82) is 0 Å². The number of hydrogen-bond acceptors (Lipinski definition) is 4. The third kappa shape index (κ3) is 2.44. The zero-order chi connectivity index (χ0) is 10.6. The minimum Gasteiger partial charge on any atom is -0.497 e. The van der Waals surface area contributed by atoms with Crippen molar-refractivity contribution in [3.05, 3.63) is 24.3 Å². The summed E-state index contributed by atoms with van der Waals surface area (Å²) in [5, 5.41) is 0. The van der Waals surface area contributed by atoms with Gasteiger partial charge in [0.1, 0.15) is 5.75 Å². The van der Waals surface area contributed by atoms with E-state index in [1.165, 1.54) is 26.4 Å². The van der Waals surface area contributed by atoms with Crippen LogP contribution < -0.4 is 9.62 Å². The Bertz CT molecular complexity index is 384. The van der Waals surface area contributed by atoms with Gasteiger partial charge in [0.2, 0.25) is 0 Å². The molecule has 0 saturated carbocycles. The summed E-state index contributed by atoms with van der Waals surface area (Å²) >= 11 is 0. The van der Waals surface area contributed by atoms with Crippen molar-refractivity contribution in [2.45, 2.75) is 4.90 Å². The van der Waals surface area contributed by atoms with Gasteiger partial charge >= 0.3 is 0 Å². The SMILES string of the molecule is CONS(=O)(=O)c1ccc(OC)cc1. The van der Waals surface area contributed by atoms with Crippen LogP contribution in [0.1, 0.15) is 0 Å². The van der Waals surface area contributed by atoms with E-state index in [0.29, 0.717) is 5.75 Å². The van der Waals surface area contributed by atoms with Gasteiger partial charge in [0.05, 0.1) is 19.1 Å². The van der Waals surface area contributed by atoms with E-state index in [1.807, 2.05) is 4.89 Å². The second-order valence-electron chi connectivity index (χ2n) is 2.47. The molecule has 0 aliphatic carbocycles. The molecule has 78 valence electrons. The van der Waals surface area contributed by atoms with Crippen LogP contribution >= 0.6 is 0 Å². The van der Waals surface area contributed by atoms with Crippen molar-refractivity contribution >= 4 is 10.0 Å². The number of sulfonamides is 1. The third-order valence-corrected chi connectivity index (χ3v) is 2.84. The van der Waals surface area contributed by atoms with Gasteiger partial charge in [0.25, 0.3) is 10.0 Å². The first-order valence-electron chi connectivity index (χ1n) is 3.79. The van der Waals surface area contributed by atoms with Crippen LogP contribution in [0.5, 0.6) is 5.75 Å². The van der Waals surface area contributed by atoms with Gasteiger partial charge < -0.3 is 4.74 Å². The van der Waals surface area contributed by atoms with Crippen LogP contribution in [0.3, 0.4) is 0 Å². The van der Waals surface area contributed by atoms with Crippen molar-refractivity contribution in [1.82, 2.24) is 4.89 Å². The maximum atomic E-state index is 11.4. The second-order valence-corrected chi connectivity index (χ2v) is 4.11. The molecule has 0 atom stereocenters. The molecule has 5 nitrogen and oxygen atoms in total. The smallest absolute Gasteiger partial charge is 0.262 e. The van der Waals surface area contributed by atoms with E-state index in [4.69, 9.17) is 4.74 Å². The maximum Gasteiger partial charge on any atom is 0.262 e. The fraction of sp³-hybridized carbons (Fsp3) is 0.250. The van der Waals surface area contributed by atoms with E-state index in [9.17, 15) is 8.42 Å². The molecule has 0 aromatic heterocycles. The molecule has 0 fully saturated rings. The molecule has 0 amide bonds. The summed E-state index contributed by atoms with van der Waals surface area (Å²) in [4.78, 5) is 6.38. The summed E-state index contributed by atoms with van der Waals surface area (Å²) in [5.41, 5.74) is 0. The van der Waals surface area contributed by atoms with Crippen LogP contribution in [0.4, 0.5) is 0 Å². The van der Waals surface area contributed by atoms with E-state index < -0.39 is 10.0 Å². The van der Waals surface area contributed by atoms with Gasteiger partial charge in [-0.05, 0) is 24.3 Å². The summed E-state index contributed by atoms with van der Waals surface area (Å²) < 4.78 is 27.6. The molecule has 0 aliphatic rings. The zero-order valence-corrected chi connectivity index (χ0v) is 8.67. The summed E-state index contributed by atoms with van der Waals surface area (Å²) in [5.74, 6) is 0.598. The number of ether oxygens (including phenoxy) is 1. The van der Waals surface area contributed by atoms with Crippen LogP contribution in [-0.4, -0.2) is 22.6 Å². The Morgan fingerprint density at radius 1 is 1.14 bits per heavy atom. The maximum absolute atomic E-state index is 11.4. The van der Waals surface area contributed by atoms with E-state index >= 15 is 0 Å². The number of rotatable bonds is 4. The molecule has 6 heteroatoms. The average Bonchev–Trinajstić information content (AvgIpc) is 2.18. The van der Waals surface area contributed by atoms with Gasteiger partial charge in [0.15, 0.2) is 0 Å². The monoisotopic (exact) mass is 217 g/mol. The Labute approximate surface area is 82.7 Å². The first kappa shape index (κ1) is 11.0. The van der Waals surface area contributed by atoms with Crippen molar-refractivity contribution in [2.24, 2.45) is 0 Å². The lowest BCUT2D eigenvalue weighted by atomic mass is 10.3. The quantitative estimate of drug-likeness (QED) is 0.747. The fourth-order valence-electron chi connectivity index (χ4n) is 0.913. The Kier molecular flexibility index (Phi) is 3.45.